The van der Waals surface area contributed by atoms with Crippen molar-refractivity contribution in [3.63, 3.8) is 0 Å². The maximum Gasteiger partial charge on any atom is 0.252 e. The van der Waals surface area contributed by atoms with Crippen LogP contribution in [0.1, 0.15) is 39.2 Å². The maximum absolute atomic E-state index is 13.0. The summed E-state index contributed by atoms with van der Waals surface area (Å²) in [5.41, 5.74) is 1.45. The molecule has 6 nitrogen and oxygen atoms in total. The molecule has 3 unspecified atom stereocenters. The highest BCUT2D eigenvalue weighted by molar-refractivity contribution is 5.94. The van der Waals surface area contributed by atoms with Crippen molar-refractivity contribution < 1.29 is 4.79 Å². The van der Waals surface area contributed by atoms with E-state index in [1.165, 1.54) is 12.0 Å². The molecular weight excluding hydrogens is 362 g/mol. The maximum atomic E-state index is 13.0. The van der Waals surface area contributed by atoms with Crippen LogP contribution in [0.4, 0.5) is 0 Å². The lowest BCUT2D eigenvalue weighted by Crippen LogP contribution is -2.61. The number of nitrogens with zero attached hydrogens (tertiary/aromatic N) is 4. The predicted octanol–water partition coefficient (Wildman–Crippen LogP) is 2.84. The Morgan fingerprint density at radius 3 is 2.66 bits per heavy atom. The fourth-order valence-corrected chi connectivity index (χ4v) is 4.67. The summed E-state index contributed by atoms with van der Waals surface area (Å²) in [4.78, 5) is 24.6. The Hall–Kier alpha value is -2.50. The molecule has 1 aromatic carbocycles. The summed E-state index contributed by atoms with van der Waals surface area (Å²) in [5, 5.41) is 2.93. The average Bonchev–Trinajstić information content (AvgIpc) is 3.06. The highest BCUT2D eigenvalue weighted by Crippen LogP contribution is 2.36. The summed E-state index contributed by atoms with van der Waals surface area (Å²) < 4.78 is 0. The zero-order chi connectivity index (χ0) is 20.8. The van der Waals surface area contributed by atoms with Gasteiger partial charge in [-0.05, 0) is 29.7 Å². The van der Waals surface area contributed by atoms with Crippen LogP contribution in [0, 0.1) is 11.3 Å². The smallest absolute Gasteiger partial charge is 0.252 e. The third kappa shape index (κ3) is 3.72. The molecule has 1 aromatic rings. The first-order valence-electron chi connectivity index (χ1n) is 10.6. The van der Waals surface area contributed by atoms with E-state index in [-0.39, 0.29) is 23.5 Å². The highest BCUT2D eigenvalue weighted by atomic mass is 16.2. The van der Waals surface area contributed by atoms with Crippen molar-refractivity contribution in [1.29, 1.82) is 0 Å². The number of carbonyl (C=O) groups excluding carboxylic acids is 1. The Morgan fingerprint density at radius 2 is 1.97 bits per heavy atom. The monoisotopic (exact) mass is 395 g/mol. The van der Waals surface area contributed by atoms with Gasteiger partial charge in [0.25, 0.3) is 5.91 Å². The van der Waals surface area contributed by atoms with Crippen molar-refractivity contribution in [3.8, 4) is 0 Å². The van der Waals surface area contributed by atoms with Gasteiger partial charge < -0.3 is 20.0 Å². The van der Waals surface area contributed by atoms with Gasteiger partial charge in [-0.15, -0.1) is 0 Å². The quantitative estimate of drug-likeness (QED) is 0.837. The van der Waals surface area contributed by atoms with Gasteiger partial charge in [-0.25, -0.2) is 4.99 Å². The van der Waals surface area contributed by atoms with Crippen LogP contribution >= 0.6 is 0 Å². The summed E-state index contributed by atoms with van der Waals surface area (Å²) in [5.74, 6) is 2.17. The Kier molecular flexibility index (Phi) is 5.05. The van der Waals surface area contributed by atoms with Crippen molar-refractivity contribution in [3.05, 3.63) is 48.3 Å². The largest absolute Gasteiger partial charge is 0.342 e. The predicted molar refractivity (Wildman–Crippen MR) is 116 cm³/mol. The number of hydrogen-bond donors (Lipinski definition) is 1. The number of likely N-dealkylation sites (tertiary alicyclic amines) is 1. The molecule has 0 spiro atoms. The molecule has 3 aliphatic heterocycles. The summed E-state index contributed by atoms with van der Waals surface area (Å²) >= 11 is 0. The van der Waals surface area contributed by atoms with E-state index >= 15 is 0 Å². The van der Waals surface area contributed by atoms with Gasteiger partial charge in [-0.1, -0.05) is 57.7 Å². The minimum atomic E-state index is -0.337. The number of nitrogens with one attached hydrogen (secondary N) is 1. The molecule has 29 heavy (non-hydrogen) atoms. The standard InChI is InChI=1S/C23H33N5O/c1-16-24-21(29)19-20(26(16)5)25-22(28(19)14-17-10-7-6-8-11-17)27-13-9-12-18(15-27)23(2,3)4/h6-8,10-11,18-20H,1,9,12-15H2,2-5H3,(H,24,29). The van der Waals surface area contributed by atoms with Gasteiger partial charge in [0, 0.05) is 26.7 Å². The number of rotatable bonds is 2. The second kappa shape index (κ2) is 7.39. The van der Waals surface area contributed by atoms with E-state index in [0.717, 1.165) is 25.5 Å². The van der Waals surface area contributed by atoms with E-state index in [1.807, 2.05) is 30.1 Å². The van der Waals surface area contributed by atoms with E-state index in [1.54, 1.807) is 0 Å². The zero-order valence-electron chi connectivity index (χ0n) is 18.1. The number of aliphatic imine (C=N–C) groups is 1. The first-order chi connectivity index (χ1) is 13.8. The Bertz CT molecular complexity index is 812. The first kappa shape index (κ1) is 19.8. The average molecular weight is 396 g/mol. The number of piperidine rings is 1. The van der Waals surface area contributed by atoms with Gasteiger partial charge in [0.05, 0.1) is 0 Å². The Balaban J connectivity index is 1.67. The van der Waals surface area contributed by atoms with Gasteiger partial charge in [0.2, 0.25) is 0 Å². The molecule has 156 valence electrons. The molecule has 4 rings (SSSR count). The van der Waals surface area contributed by atoms with E-state index < -0.39 is 0 Å². The minimum absolute atomic E-state index is 0.0165. The van der Waals surface area contributed by atoms with Gasteiger partial charge >= 0.3 is 0 Å². The topological polar surface area (TPSA) is 51.2 Å². The minimum Gasteiger partial charge on any atom is -0.342 e. The molecule has 1 amide bonds. The second-order valence-electron chi connectivity index (χ2n) is 9.60. The second-order valence-corrected chi connectivity index (χ2v) is 9.60. The number of carbonyl (C=O) groups is 1. The van der Waals surface area contributed by atoms with Crippen molar-refractivity contribution in [2.75, 3.05) is 20.1 Å². The molecule has 3 aliphatic rings. The summed E-state index contributed by atoms with van der Waals surface area (Å²) in [7, 11) is 1.96. The van der Waals surface area contributed by atoms with Gasteiger partial charge in [0.1, 0.15) is 5.82 Å². The summed E-state index contributed by atoms with van der Waals surface area (Å²) in [6, 6.07) is 10.0. The molecule has 6 heteroatoms. The van der Waals surface area contributed by atoms with Crippen LogP contribution in [0.5, 0.6) is 0 Å². The van der Waals surface area contributed by atoms with Crippen molar-refractivity contribution in [2.45, 2.75) is 52.4 Å². The molecule has 3 heterocycles. The number of fused-ring (bicyclic) bond motifs is 1. The number of hydrogen-bond acceptors (Lipinski definition) is 5. The molecule has 0 bridgehead atoms. The van der Waals surface area contributed by atoms with Gasteiger partial charge in [-0.2, -0.15) is 0 Å². The SMILES string of the molecule is C=C1NC(=O)C2C(N=C(N3CCCC(C(C)(C)C)C3)N2Cc2ccccc2)N1C. The van der Waals surface area contributed by atoms with Crippen LogP contribution in [0.3, 0.4) is 0 Å². The summed E-state index contributed by atoms with van der Waals surface area (Å²) in [6.45, 7) is 13.6. The molecule has 0 aliphatic carbocycles. The number of amides is 1. The lowest BCUT2D eigenvalue weighted by atomic mass is 9.76. The fraction of sp³-hybridized carbons (Fsp3) is 0.565. The van der Waals surface area contributed by atoms with Crippen LogP contribution in [0.15, 0.2) is 47.7 Å². The number of guanidine groups is 1. The number of benzene rings is 1. The van der Waals surface area contributed by atoms with Crippen molar-refractivity contribution in [1.82, 2.24) is 20.0 Å². The molecule has 0 aromatic heterocycles. The van der Waals surface area contributed by atoms with E-state index in [9.17, 15) is 4.79 Å². The highest BCUT2D eigenvalue weighted by Gasteiger charge is 2.48. The van der Waals surface area contributed by atoms with Crippen molar-refractivity contribution >= 4 is 11.9 Å². The normalized spacial score (nSPS) is 27.7. The lowest BCUT2D eigenvalue weighted by molar-refractivity contribution is -0.128. The molecule has 2 fully saturated rings. The van der Waals surface area contributed by atoms with Crippen LogP contribution in [0.25, 0.3) is 0 Å². The van der Waals surface area contributed by atoms with E-state index in [2.05, 4.69) is 54.6 Å². The third-order valence-electron chi connectivity index (χ3n) is 6.61. The van der Waals surface area contributed by atoms with E-state index in [0.29, 0.717) is 18.3 Å². The molecular formula is C23H33N5O. The molecule has 2 saturated heterocycles. The Morgan fingerprint density at radius 1 is 1.24 bits per heavy atom. The Labute approximate surface area is 174 Å². The first-order valence-corrected chi connectivity index (χ1v) is 10.6. The number of likely N-dealkylation sites (N-methyl/N-ethyl adjacent to an activating group) is 1. The van der Waals surface area contributed by atoms with Crippen LogP contribution < -0.4 is 5.32 Å². The van der Waals surface area contributed by atoms with Crippen molar-refractivity contribution in [2.24, 2.45) is 16.3 Å². The molecule has 1 N–H and O–H groups in total. The van der Waals surface area contributed by atoms with Crippen LogP contribution in [0.2, 0.25) is 0 Å². The third-order valence-corrected chi connectivity index (χ3v) is 6.61. The van der Waals surface area contributed by atoms with E-state index in [4.69, 9.17) is 4.99 Å². The molecule has 0 radical (unpaired) electrons. The zero-order valence-corrected chi connectivity index (χ0v) is 18.1. The fourth-order valence-electron chi connectivity index (χ4n) is 4.67. The summed E-state index contributed by atoms with van der Waals surface area (Å²) in [6.07, 6.45) is 2.17. The lowest BCUT2D eigenvalue weighted by Gasteiger charge is -2.43. The molecule has 3 atom stereocenters. The van der Waals surface area contributed by atoms with Gasteiger partial charge in [0.15, 0.2) is 18.2 Å². The van der Waals surface area contributed by atoms with Gasteiger partial charge in [-0.3, -0.25) is 4.79 Å². The molecule has 0 saturated carbocycles. The van der Waals surface area contributed by atoms with Crippen LogP contribution in [-0.2, 0) is 11.3 Å². The van der Waals surface area contributed by atoms with Crippen LogP contribution in [-0.4, -0.2) is 58.9 Å².